The van der Waals surface area contributed by atoms with Gasteiger partial charge in [-0.3, -0.25) is 0 Å². The van der Waals surface area contributed by atoms with Crippen molar-refractivity contribution in [3.05, 3.63) is 66.7 Å². The van der Waals surface area contributed by atoms with Crippen molar-refractivity contribution < 1.29 is 8.85 Å². The second-order valence-corrected chi connectivity index (χ2v) is 9.67. The Morgan fingerprint density at radius 2 is 1.10 bits per heavy atom. The summed E-state index contributed by atoms with van der Waals surface area (Å²) < 4.78 is 12.5. The van der Waals surface area contributed by atoms with Crippen LogP contribution in [0.5, 0.6) is 0 Å². The molecule has 0 saturated carbocycles. The Balaban J connectivity index is 1.84. The Bertz CT molecular complexity index is 1240. The molecule has 0 radical (unpaired) electrons. The van der Waals surface area contributed by atoms with Gasteiger partial charge in [-0.2, -0.15) is 0 Å². The van der Waals surface area contributed by atoms with Gasteiger partial charge in [-0.25, -0.2) is 0 Å². The van der Waals surface area contributed by atoms with Crippen molar-refractivity contribution in [1.29, 1.82) is 0 Å². The number of fused-ring (bicyclic) bond motifs is 2. The van der Waals surface area contributed by atoms with Crippen LogP contribution in [0.25, 0.3) is 43.1 Å². The zero-order valence-corrected chi connectivity index (χ0v) is 18.2. The van der Waals surface area contributed by atoms with Crippen molar-refractivity contribution in [3.63, 3.8) is 0 Å². The van der Waals surface area contributed by atoms with Gasteiger partial charge < -0.3 is 8.85 Å². The molecule has 5 aromatic rings. The van der Waals surface area contributed by atoms with Crippen molar-refractivity contribution in [2.24, 2.45) is 0 Å². The highest BCUT2D eigenvalue weighted by Crippen LogP contribution is 2.39. The predicted molar refractivity (Wildman–Crippen MR) is 127 cm³/mol. The molecule has 5 rings (SSSR count). The van der Waals surface area contributed by atoms with Crippen LogP contribution in [0, 0.1) is 0 Å². The Morgan fingerprint density at radius 3 is 1.72 bits per heavy atom. The zero-order chi connectivity index (χ0) is 19.8. The summed E-state index contributed by atoms with van der Waals surface area (Å²) in [6.45, 7) is 5.82. The maximum atomic E-state index is 6.26. The van der Waals surface area contributed by atoms with E-state index in [4.69, 9.17) is 8.85 Å². The van der Waals surface area contributed by atoms with Crippen LogP contribution in [-0.4, -0.2) is 22.5 Å². The Hall–Kier alpha value is -2.46. The molecule has 0 aromatic heterocycles. The first-order chi connectivity index (χ1) is 14.3. The van der Waals surface area contributed by atoms with E-state index in [-0.39, 0.29) is 0 Å². The van der Waals surface area contributed by atoms with Gasteiger partial charge in [-0.05, 0) is 61.1 Å². The van der Waals surface area contributed by atoms with Gasteiger partial charge in [0, 0.05) is 13.2 Å². The van der Waals surface area contributed by atoms with Crippen molar-refractivity contribution in [2.75, 3.05) is 13.2 Å². The van der Waals surface area contributed by atoms with Crippen LogP contribution in [0.4, 0.5) is 0 Å². The number of rotatable bonds is 7. The summed E-state index contributed by atoms with van der Waals surface area (Å²) in [6.07, 6.45) is 2.02. The van der Waals surface area contributed by atoms with Crippen LogP contribution in [0.1, 0.15) is 26.7 Å². The molecule has 0 saturated heterocycles. The van der Waals surface area contributed by atoms with Gasteiger partial charge in [-0.1, -0.05) is 80.6 Å². The number of hydrogen-bond acceptors (Lipinski definition) is 2. The molecule has 0 atom stereocenters. The fourth-order valence-electron chi connectivity index (χ4n) is 4.55. The molecule has 0 aliphatic carbocycles. The third-order valence-electron chi connectivity index (χ3n) is 5.76. The van der Waals surface area contributed by atoms with E-state index in [1.807, 2.05) is 0 Å². The molecule has 5 aromatic carbocycles. The fourth-order valence-corrected chi connectivity index (χ4v) is 6.65. The molecule has 3 heteroatoms. The van der Waals surface area contributed by atoms with Gasteiger partial charge in [0.1, 0.15) is 0 Å². The second kappa shape index (κ2) is 7.75. The number of hydrogen-bond donors (Lipinski definition) is 0. The zero-order valence-electron chi connectivity index (χ0n) is 17.1. The second-order valence-electron chi connectivity index (χ2n) is 7.71. The largest absolute Gasteiger partial charge is 0.393 e. The molecule has 0 aliphatic rings. The van der Waals surface area contributed by atoms with Crippen molar-refractivity contribution >= 4 is 57.6 Å². The molecule has 29 heavy (non-hydrogen) atoms. The van der Waals surface area contributed by atoms with E-state index in [2.05, 4.69) is 80.6 Å². The van der Waals surface area contributed by atoms with E-state index in [9.17, 15) is 0 Å². The van der Waals surface area contributed by atoms with Crippen molar-refractivity contribution in [3.8, 4) is 0 Å². The van der Waals surface area contributed by atoms with Crippen LogP contribution in [0.15, 0.2) is 66.7 Å². The van der Waals surface area contributed by atoms with E-state index in [1.54, 1.807) is 0 Å². The first-order valence-corrected chi connectivity index (χ1v) is 12.2. The van der Waals surface area contributed by atoms with Crippen LogP contribution < -0.4 is 5.19 Å². The summed E-state index contributed by atoms with van der Waals surface area (Å²) in [5.74, 6) is 0. The highest BCUT2D eigenvalue weighted by atomic mass is 28.3. The van der Waals surface area contributed by atoms with Crippen LogP contribution >= 0.6 is 0 Å². The maximum absolute atomic E-state index is 6.26. The van der Waals surface area contributed by atoms with Crippen molar-refractivity contribution in [1.82, 2.24) is 0 Å². The first-order valence-electron chi connectivity index (χ1n) is 10.6. The van der Waals surface area contributed by atoms with Gasteiger partial charge in [-0.15, -0.1) is 0 Å². The molecule has 0 N–H and O–H groups in total. The van der Waals surface area contributed by atoms with E-state index in [1.165, 1.54) is 48.3 Å². The molecule has 0 heterocycles. The normalized spacial score (nSPS) is 12.2. The minimum absolute atomic E-state index is 0.756. The van der Waals surface area contributed by atoms with E-state index < -0.39 is 9.28 Å². The summed E-state index contributed by atoms with van der Waals surface area (Å²) in [7, 11) is -1.95. The molecule has 0 unspecified atom stereocenters. The van der Waals surface area contributed by atoms with Crippen LogP contribution in [0.2, 0.25) is 0 Å². The molecule has 0 spiro atoms. The summed E-state index contributed by atoms with van der Waals surface area (Å²) in [6, 6.07) is 24.5. The van der Waals surface area contributed by atoms with Gasteiger partial charge in [0.25, 0.3) is 0 Å². The lowest BCUT2D eigenvalue weighted by atomic mass is 9.90. The molecule has 0 aliphatic heterocycles. The first kappa shape index (κ1) is 18.6. The smallest absolute Gasteiger partial charge is 0.356 e. The average molecular weight is 399 g/mol. The van der Waals surface area contributed by atoms with E-state index in [0.29, 0.717) is 0 Å². The average Bonchev–Trinajstić information content (AvgIpc) is 2.77. The fraction of sp³-hybridized carbons (Fsp3) is 0.231. The molecule has 0 fully saturated rings. The standard InChI is InChI=1S/C26H26O2Si/c1-3-16-27-29(28-17-4-2)24-15-14-22-20-11-6-9-18-8-5-10-19(25(18)20)21-12-7-13-23(24)26(21)22/h5-15,29H,3-4,16-17H2,1-2H3. The summed E-state index contributed by atoms with van der Waals surface area (Å²) in [5, 5.41) is 11.9. The monoisotopic (exact) mass is 398 g/mol. The highest BCUT2D eigenvalue weighted by molar-refractivity contribution is 6.65. The topological polar surface area (TPSA) is 18.5 Å². The molecular weight excluding hydrogens is 372 g/mol. The number of benzene rings is 5. The maximum Gasteiger partial charge on any atom is 0.356 e. The predicted octanol–water partition coefficient (Wildman–Crippen LogP) is 6.02. The van der Waals surface area contributed by atoms with Crippen LogP contribution in [0.3, 0.4) is 0 Å². The van der Waals surface area contributed by atoms with Gasteiger partial charge >= 0.3 is 9.28 Å². The molecule has 146 valence electrons. The highest BCUT2D eigenvalue weighted by Gasteiger charge is 2.22. The molecular formula is C26H26O2Si. The Kier molecular flexibility index (Phi) is 4.96. The van der Waals surface area contributed by atoms with Gasteiger partial charge in [0.2, 0.25) is 0 Å². The third-order valence-corrected chi connectivity index (χ3v) is 7.85. The lowest BCUT2D eigenvalue weighted by Crippen LogP contribution is -2.38. The molecule has 0 bridgehead atoms. The minimum atomic E-state index is -1.95. The van der Waals surface area contributed by atoms with Crippen LogP contribution in [-0.2, 0) is 8.85 Å². The lowest BCUT2D eigenvalue weighted by Gasteiger charge is -2.21. The molecule has 2 nitrogen and oxygen atoms in total. The molecule has 0 amide bonds. The SMILES string of the molecule is CCCO[SiH](OCCC)c1ccc2c3cccc4cccc(c5cccc1c52)c43. The lowest BCUT2D eigenvalue weighted by molar-refractivity contribution is 0.208. The summed E-state index contributed by atoms with van der Waals surface area (Å²) in [4.78, 5) is 0. The summed E-state index contributed by atoms with van der Waals surface area (Å²) >= 11 is 0. The summed E-state index contributed by atoms with van der Waals surface area (Å²) in [5.41, 5.74) is 0. The van der Waals surface area contributed by atoms with E-state index in [0.717, 1.165) is 26.1 Å². The quantitative estimate of drug-likeness (QED) is 0.190. The third kappa shape index (κ3) is 3.01. The Labute approximate surface area is 173 Å². The minimum Gasteiger partial charge on any atom is -0.393 e. The van der Waals surface area contributed by atoms with Gasteiger partial charge in [0.15, 0.2) is 0 Å². The van der Waals surface area contributed by atoms with Gasteiger partial charge in [0.05, 0.1) is 0 Å². The van der Waals surface area contributed by atoms with E-state index >= 15 is 0 Å². The Morgan fingerprint density at radius 1 is 0.586 bits per heavy atom. The van der Waals surface area contributed by atoms with Crippen molar-refractivity contribution in [2.45, 2.75) is 26.7 Å².